The number of likely N-dealkylation sites (N-methyl/N-ethyl adjacent to an activating group) is 1. The second-order valence-corrected chi connectivity index (χ2v) is 7.04. The van der Waals surface area contributed by atoms with E-state index in [1.165, 1.54) is 0 Å². The van der Waals surface area contributed by atoms with Crippen LogP contribution in [0.5, 0.6) is 5.75 Å². The lowest BCUT2D eigenvalue weighted by Gasteiger charge is -2.16. The van der Waals surface area contributed by atoms with Crippen molar-refractivity contribution in [3.63, 3.8) is 0 Å². The van der Waals surface area contributed by atoms with Gasteiger partial charge in [-0.25, -0.2) is 0 Å². The number of fused-ring (bicyclic) bond motifs is 1. The van der Waals surface area contributed by atoms with E-state index in [9.17, 15) is 4.79 Å². The van der Waals surface area contributed by atoms with Gasteiger partial charge in [0.05, 0.1) is 19.3 Å². The Morgan fingerprint density at radius 3 is 2.63 bits per heavy atom. The topological polar surface area (TPSA) is 67.6 Å². The fourth-order valence-electron chi connectivity index (χ4n) is 2.91. The quantitative estimate of drug-likeness (QED) is 0.683. The van der Waals surface area contributed by atoms with Crippen molar-refractivity contribution in [3.05, 3.63) is 53.7 Å². The van der Waals surface area contributed by atoms with Crippen LogP contribution in [0.2, 0.25) is 0 Å². The Labute approximate surface area is 159 Å². The molecular weight excluding hydrogens is 342 g/mol. The maximum absolute atomic E-state index is 12.2. The molecule has 0 aliphatic carbocycles. The minimum Gasteiger partial charge on any atom is -0.497 e. The highest BCUT2D eigenvalue weighted by atomic mass is 16.5. The van der Waals surface area contributed by atoms with Crippen LogP contribution in [0.4, 0.5) is 5.88 Å². The summed E-state index contributed by atoms with van der Waals surface area (Å²) in [6, 6.07) is 14.0. The lowest BCUT2D eigenvalue weighted by atomic mass is 10.1. The third-order valence-corrected chi connectivity index (χ3v) is 4.36. The summed E-state index contributed by atoms with van der Waals surface area (Å²) in [6.07, 6.45) is 0. The minimum absolute atomic E-state index is 0.130. The van der Waals surface area contributed by atoms with Gasteiger partial charge in [0, 0.05) is 12.6 Å². The van der Waals surface area contributed by atoms with Crippen molar-refractivity contribution in [2.45, 2.75) is 26.3 Å². The molecule has 1 amide bonds. The van der Waals surface area contributed by atoms with Crippen LogP contribution >= 0.6 is 0 Å². The monoisotopic (exact) mass is 367 g/mol. The molecule has 0 bridgehead atoms. The molecule has 6 heteroatoms. The van der Waals surface area contributed by atoms with Gasteiger partial charge in [0.2, 0.25) is 11.8 Å². The molecule has 0 fully saturated rings. The molecule has 0 radical (unpaired) electrons. The second-order valence-electron chi connectivity index (χ2n) is 7.04. The van der Waals surface area contributed by atoms with E-state index >= 15 is 0 Å². The van der Waals surface area contributed by atoms with Crippen LogP contribution in [0.15, 0.2) is 47.0 Å². The number of methoxy groups -OCH3 is 1. The fraction of sp³-hybridized carbons (Fsp3) is 0.333. The largest absolute Gasteiger partial charge is 0.497 e. The number of amides is 1. The Morgan fingerprint density at radius 1 is 1.19 bits per heavy atom. The summed E-state index contributed by atoms with van der Waals surface area (Å²) < 4.78 is 10.4. The van der Waals surface area contributed by atoms with Crippen LogP contribution in [0, 0.1) is 0 Å². The zero-order chi connectivity index (χ0) is 19.4. The zero-order valence-corrected chi connectivity index (χ0v) is 16.2. The number of carbonyl (C=O) groups is 1. The smallest absolute Gasteiger partial charge is 0.240 e. The SMILES string of the molecule is COc1ccc2cc(CN(C)CC(=O)Nc3cc(C(C)C)no3)ccc2c1. The number of nitrogens with zero attached hydrogens (tertiary/aromatic N) is 2. The van der Waals surface area contributed by atoms with E-state index in [4.69, 9.17) is 9.26 Å². The molecule has 6 nitrogen and oxygen atoms in total. The highest BCUT2D eigenvalue weighted by Crippen LogP contribution is 2.22. The van der Waals surface area contributed by atoms with Crippen LogP contribution in [0.3, 0.4) is 0 Å². The summed E-state index contributed by atoms with van der Waals surface area (Å²) in [5.41, 5.74) is 1.97. The molecule has 1 heterocycles. The Hall–Kier alpha value is -2.86. The standard InChI is InChI=1S/C21H25N3O3/c1-14(2)19-11-21(27-23-19)22-20(25)13-24(3)12-15-5-6-17-10-18(26-4)8-7-16(17)9-15/h5-11,14H,12-13H2,1-4H3,(H,22,25). The van der Waals surface area contributed by atoms with Crippen LogP contribution in [0.1, 0.15) is 31.0 Å². The first kappa shape index (κ1) is 18.9. The maximum Gasteiger partial charge on any atom is 0.240 e. The van der Waals surface area contributed by atoms with Gasteiger partial charge in [-0.1, -0.05) is 37.2 Å². The van der Waals surface area contributed by atoms with E-state index in [1.54, 1.807) is 13.2 Å². The molecule has 0 aliphatic heterocycles. The number of carbonyl (C=O) groups excluding carboxylic acids is 1. The summed E-state index contributed by atoms with van der Waals surface area (Å²) in [4.78, 5) is 14.2. The molecular formula is C21H25N3O3. The zero-order valence-electron chi connectivity index (χ0n) is 16.2. The first-order valence-electron chi connectivity index (χ1n) is 8.96. The molecule has 0 saturated heterocycles. The van der Waals surface area contributed by atoms with E-state index in [0.717, 1.165) is 27.8 Å². The van der Waals surface area contributed by atoms with E-state index < -0.39 is 0 Å². The van der Waals surface area contributed by atoms with Gasteiger partial charge in [0.15, 0.2) is 0 Å². The third kappa shape index (κ3) is 4.86. The van der Waals surface area contributed by atoms with Gasteiger partial charge in [-0.3, -0.25) is 15.0 Å². The van der Waals surface area contributed by atoms with Gasteiger partial charge in [0.1, 0.15) is 5.75 Å². The van der Waals surface area contributed by atoms with Crippen molar-refractivity contribution in [2.75, 3.05) is 26.0 Å². The molecule has 0 aliphatic rings. The molecule has 3 rings (SSSR count). The molecule has 27 heavy (non-hydrogen) atoms. The fourth-order valence-corrected chi connectivity index (χ4v) is 2.91. The van der Waals surface area contributed by atoms with Gasteiger partial charge < -0.3 is 9.26 Å². The van der Waals surface area contributed by atoms with E-state index in [1.807, 2.05) is 44.0 Å². The average molecular weight is 367 g/mol. The first-order valence-corrected chi connectivity index (χ1v) is 8.96. The molecule has 1 N–H and O–H groups in total. The number of aromatic nitrogens is 1. The Bertz CT molecular complexity index is 933. The average Bonchev–Trinajstić information content (AvgIpc) is 3.09. The number of anilines is 1. The number of hydrogen-bond acceptors (Lipinski definition) is 5. The molecule has 0 unspecified atom stereocenters. The predicted octanol–water partition coefficient (Wildman–Crippen LogP) is 4.03. The van der Waals surface area contributed by atoms with Gasteiger partial charge >= 0.3 is 0 Å². The molecule has 0 saturated carbocycles. The van der Waals surface area contributed by atoms with Gasteiger partial charge in [-0.15, -0.1) is 0 Å². The van der Waals surface area contributed by atoms with Crippen LogP contribution in [-0.4, -0.2) is 36.7 Å². The van der Waals surface area contributed by atoms with Crippen molar-refractivity contribution in [2.24, 2.45) is 0 Å². The summed E-state index contributed by atoms with van der Waals surface area (Å²) in [6.45, 7) is 4.98. The van der Waals surface area contributed by atoms with Crippen molar-refractivity contribution in [3.8, 4) is 5.75 Å². The first-order chi connectivity index (χ1) is 12.9. The second kappa shape index (κ2) is 8.22. The minimum atomic E-state index is -0.130. The highest BCUT2D eigenvalue weighted by molar-refractivity contribution is 5.91. The predicted molar refractivity (Wildman–Crippen MR) is 106 cm³/mol. The third-order valence-electron chi connectivity index (χ3n) is 4.36. The number of ether oxygens (including phenoxy) is 1. The Kier molecular flexibility index (Phi) is 5.76. The number of rotatable bonds is 7. The van der Waals surface area contributed by atoms with Gasteiger partial charge in [-0.2, -0.15) is 0 Å². The summed E-state index contributed by atoms with van der Waals surface area (Å²) in [5.74, 6) is 1.36. The maximum atomic E-state index is 12.2. The van der Waals surface area contributed by atoms with E-state index in [2.05, 4.69) is 28.7 Å². The van der Waals surface area contributed by atoms with Crippen molar-refractivity contribution in [1.82, 2.24) is 10.1 Å². The normalized spacial score (nSPS) is 11.3. The van der Waals surface area contributed by atoms with Crippen molar-refractivity contribution in [1.29, 1.82) is 0 Å². The lowest BCUT2D eigenvalue weighted by molar-refractivity contribution is -0.117. The number of nitrogens with one attached hydrogen (secondary N) is 1. The summed E-state index contributed by atoms with van der Waals surface area (Å²) >= 11 is 0. The molecule has 0 spiro atoms. The van der Waals surface area contributed by atoms with Crippen molar-refractivity contribution >= 4 is 22.6 Å². The van der Waals surface area contributed by atoms with E-state index in [-0.39, 0.29) is 18.4 Å². The summed E-state index contributed by atoms with van der Waals surface area (Å²) in [5, 5.41) is 8.97. The molecule has 2 aromatic carbocycles. The summed E-state index contributed by atoms with van der Waals surface area (Å²) in [7, 11) is 3.58. The molecule has 0 atom stereocenters. The molecule has 142 valence electrons. The van der Waals surface area contributed by atoms with Gasteiger partial charge in [0.25, 0.3) is 0 Å². The highest BCUT2D eigenvalue weighted by Gasteiger charge is 2.12. The van der Waals surface area contributed by atoms with Crippen LogP contribution in [0.25, 0.3) is 10.8 Å². The van der Waals surface area contributed by atoms with Gasteiger partial charge in [-0.05, 0) is 47.5 Å². The number of benzene rings is 2. The number of hydrogen-bond donors (Lipinski definition) is 1. The van der Waals surface area contributed by atoms with Crippen LogP contribution in [-0.2, 0) is 11.3 Å². The molecule has 1 aromatic heterocycles. The van der Waals surface area contributed by atoms with E-state index in [0.29, 0.717) is 12.4 Å². The lowest BCUT2D eigenvalue weighted by Crippen LogP contribution is -2.29. The van der Waals surface area contributed by atoms with Crippen LogP contribution < -0.4 is 10.1 Å². The van der Waals surface area contributed by atoms with Crippen molar-refractivity contribution < 1.29 is 14.1 Å². The molecule has 3 aromatic rings. The Morgan fingerprint density at radius 2 is 1.93 bits per heavy atom. The Balaban J connectivity index is 1.58.